The first kappa shape index (κ1) is 19.7. The molecule has 154 valence electrons. The van der Waals surface area contributed by atoms with Crippen LogP contribution >= 0.6 is 0 Å². The van der Waals surface area contributed by atoms with E-state index >= 15 is 0 Å². The maximum absolute atomic E-state index is 13.2. The number of methoxy groups -OCH3 is 1. The highest BCUT2D eigenvalue weighted by atomic mass is 19.1. The molecule has 0 atom stereocenters. The first-order chi connectivity index (χ1) is 14.5. The van der Waals surface area contributed by atoms with Crippen LogP contribution in [-0.2, 0) is 16.0 Å². The molecule has 2 heterocycles. The Labute approximate surface area is 172 Å². The summed E-state index contributed by atoms with van der Waals surface area (Å²) in [6.45, 7) is 2.29. The lowest BCUT2D eigenvalue weighted by Crippen LogP contribution is -2.28. The Hall–Kier alpha value is -3.61. The summed E-state index contributed by atoms with van der Waals surface area (Å²) < 4.78 is 23.9. The minimum absolute atomic E-state index is 0.209. The van der Waals surface area contributed by atoms with Gasteiger partial charge >= 0.3 is 5.97 Å². The summed E-state index contributed by atoms with van der Waals surface area (Å²) in [4.78, 5) is 30.5. The molecular formula is C23H21FN2O4. The third-order valence-electron chi connectivity index (χ3n) is 5.13. The Morgan fingerprint density at radius 1 is 1.17 bits per heavy atom. The third kappa shape index (κ3) is 3.43. The number of amides is 1. The number of aromatic nitrogens is 1. The van der Waals surface area contributed by atoms with Crippen molar-refractivity contribution < 1.29 is 23.5 Å². The van der Waals surface area contributed by atoms with Gasteiger partial charge in [-0.3, -0.25) is 4.79 Å². The number of esters is 1. The van der Waals surface area contributed by atoms with Crippen LogP contribution in [0.2, 0.25) is 0 Å². The van der Waals surface area contributed by atoms with Gasteiger partial charge < -0.3 is 19.4 Å². The molecule has 30 heavy (non-hydrogen) atoms. The summed E-state index contributed by atoms with van der Waals surface area (Å²) >= 11 is 0. The van der Waals surface area contributed by atoms with Crippen LogP contribution in [0.3, 0.4) is 0 Å². The number of halogens is 1. The van der Waals surface area contributed by atoms with Crippen molar-refractivity contribution in [3.8, 4) is 5.75 Å². The van der Waals surface area contributed by atoms with E-state index in [1.807, 2.05) is 18.2 Å². The Morgan fingerprint density at radius 2 is 1.93 bits per heavy atom. The van der Waals surface area contributed by atoms with E-state index in [-0.39, 0.29) is 18.1 Å². The van der Waals surface area contributed by atoms with Crippen LogP contribution in [0, 0.1) is 5.82 Å². The molecule has 0 radical (unpaired) electrons. The lowest BCUT2D eigenvalue weighted by atomic mass is 10.0. The van der Waals surface area contributed by atoms with Gasteiger partial charge in [0, 0.05) is 23.7 Å². The molecule has 1 N–H and O–H groups in total. The highest BCUT2D eigenvalue weighted by molar-refractivity contribution is 6.18. The first-order valence-electron chi connectivity index (χ1n) is 9.67. The number of hydrogen-bond donors (Lipinski definition) is 1. The Bertz CT molecular complexity index is 1150. The number of rotatable bonds is 4. The van der Waals surface area contributed by atoms with Crippen molar-refractivity contribution >= 4 is 28.4 Å². The topological polar surface area (TPSA) is 71.6 Å². The van der Waals surface area contributed by atoms with Gasteiger partial charge in [0.05, 0.1) is 30.5 Å². The van der Waals surface area contributed by atoms with E-state index < -0.39 is 11.8 Å². The molecule has 0 saturated heterocycles. The molecule has 1 aliphatic rings. The summed E-state index contributed by atoms with van der Waals surface area (Å²) in [5, 5.41) is 0.927. The lowest BCUT2D eigenvalue weighted by molar-refractivity contribution is -0.136. The number of ether oxygens (including phenoxy) is 2. The van der Waals surface area contributed by atoms with E-state index in [2.05, 4.69) is 4.98 Å². The highest BCUT2D eigenvalue weighted by Gasteiger charge is 2.28. The van der Waals surface area contributed by atoms with E-state index in [0.29, 0.717) is 30.0 Å². The minimum atomic E-state index is -0.525. The normalized spacial score (nSPS) is 13.4. The Kier molecular flexibility index (Phi) is 5.27. The monoisotopic (exact) mass is 408 g/mol. The van der Waals surface area contributed by atoms with Gasteiger partial charge in [-0.25, -0.2) is 9.18 Å². The van der Waals surface area contributed by atoms with Crippen molar-refractivity contribution in [3.05, 3.63) is 71.3 Å². The van der Waals surface area contributed by atoms with Gasteiger partial charge in [-0.1, -0.05) is 12.1 Å². The van der Waals surface area contributed by atoms with Crippen LogP contribution in [-0.4, -0.2) is 42.0 Å². The number of fused-ring (bicyclic) bond motifs is 3. The van der Waals surface area contributed by atoms with Crippen LogP contribution in [0.5, 0.6) is 5.75 Å². The van der Waals surface area contributed by atoms with Gasteiger partial charge in [0.25, 0.3) is 5.91 Å². The third-order valence-corrected chi connectivity index (χ3v) is 5.13. The van der Waals surface area contributed by atoms with Crippen LogP contribution in [0.4, 0.5) is 4.39 Å². The fourth-order valence-electron chi connectivity index (χ4n) is 3.71. The van der Waals surface area contributed by atoms with E-state index in [1.165, 1.54) is 35.4 Å². The first-order valence-corrected chi connectivity index (χ1v) is 9.67. The van der Waals surface area contributed by atoms with E-state index in [1.54, 1.807) is 14.0 Å². The zero-order valence-corrected chi connectivity index (χ0v) is 16.7. The number of nitrogens with zero attached hydrogens (tertiary/aromatic N) is 1. The minimum Gasteiger partial charge on any atom is -0.495 e. The van der Waals surface area contributed by atoms with Crippen molar-refractivity contribution in [2.45, 2.75) is 13.3 Å². The second kappa shape index (κ2) is 8.02. The molecule has 1 aromatic heterocycles. The average Bonchev–Trinajstić information content (AvgIpc) is 3.01. The number of carbonyl (C=O) groups is 2. The molecule has 0 saturated carbocycles. The summed E-state index contributed by atoms with van der Waals surface area (Å²) in [6, 6.07) is 11.0. The molecule has 4 rings (SSSR count). The average molecular weight is 408 g/mol. The number of hydrogen-bond acceptors (Lipinski definition) is 4. The smallest absolute Gasteiger partial charge is 0.341 e. The highest BCUT2D eigenvalue weighted by Crippen LogP contribution is 2.35. The predicted molar refractivity (Wildman–Crippen MR) is 111 cm³/mol. The molecule has 6 nitrogen and oxygen atoms in total. The molecular weight excluding hydrogens is 387 g/mol. The van der Waals surface area contributed by atoms with Gasteiger partial charge in [0.2, 0.25) is 0 Å². The van der Waals surface area contributed by atoms with Crippen molar-refractivity contribution in [3.63, 3.8) is 0 Å². The number of benzene rings is 2. The molecule has 0 aliphatic carbocycles. The molecule has 7 heteroatoms. The van der Waals surface area contributed by atoms with Crippen LogP contribution in [0.25, 0.3) is 16.5 Å². The maximum Gasteiger partial charge on any atom is 0.341 e. The molecule has 0 unspecified atom stereocenters. The SMILES string of the molecule is CCOC(=O)C1=CN(C(=O)c2ccc(F)cc2)CCc2c1[nH]c1c(OC)cccc21. The molecule has 3 aromatic rings. The van der Waals surface area contributed by atoms with E-state index in [9.17, 15) is 14.0 Å². The van der Waals surface area contributed by atoms with Gasteiger partial charge in [-0.2, -0.15) is 0 Å². The van der Waals surface area contributed by atoms with Crippen molar-refractivity contribution in [2.24, 2.45) is 0 Å². The van der Waals surface area contributed by atoms with E-state index in [0.717, 1.165) is 16.5 Å². The lowest BCUT2D eigenvalue weighted by Gasteiger charge is -2.18. The van der Waals surface area contributed by atoms with Crippen molar-refractivity contribution in [1.29, 1.82) is 0 Å². The van der Waals surface area contributed by atoms with Gasteiger partial charge in [0.15, 0.2) is 0 Å². The van der Waals surface area contributed by atoms with Crippen molar-refractivity contribution in [2.75, 3.05) is 20.3 Å². The van der Waals surface area contributed by atoms with Crippen molar-refractivity contribution in [1.82, 2.24) is 9.88 Å². The Balaban J connectivity index is 1.82. The zero-order chi connectivity index (χ0) is 21.3. The fourth-order valence-corrected chi connectivity index (χ4v) is 3.71. The largest absolute Gasteiger partial charge is 0.495 e. The van der Waals surface area contributed by atoms with Gasteiger partial charge in [-0.15, -0.1) is 0 Å². The number of carbonyl (C=O) groups excluding carboxylic acids is 2. The summed E-state index contributed by atoms with van der Waals surface area (Å²) in [6.07, 6.45) is 2.03. The standard InChI is InChI=1S/C23H21FN2O4/c1-3-30-23(28)18-13-26(22(27)14-7-9-15(24)10-8-14)12-11-17-16-5-4-6-19(29-2)21(16)25-20(17)18/h4-10,13,25H,3,11-12H2,1-2H3. The number of H-pyrrole nitrogens is 1. The molecule has 0 fully saturated rings. The summed E-state index contributed by atoms with van der Waals surface area (Å²) in [5.74, 6) is -0.587. The molecule has 1 amide bonds. The zero-order valence-electron chi connectivity index (χ0n) is 16.7. The summed E-state index contributed by atoms with van der Waals surface area (Å²) in [7, 11) is 1.59. The quantitative estimate of drug-likeness (QED) is 0.665. The molecule has 0 bridgehead atoms. The summed E-state index contributed by atoms with van der Waals surface area (Å²) in [5.41, 5.74) is 2.92. The maximum atomic E-state index is 13.2. The van der Waals surface area contributed by atoms with Crippen LogP contribution < -0.4 is 4.74 Å². The second-order valence-corrected chi connectivity index (χ2v) is 6.88. The second-order valence-electron chi connectivity index (χ2n) is 6.88. The fraction of sp³-hybridized carbons (Fsp3) is 0.217. The van der Waals surface area contributed by atoms with Crippen LogP contribution in [0.1, 0.15) is 28.5 Å². The molecule has 0 spiro atoms. The number of para-hydroxylation sites is 1. The Morgan fingerprint density at radius 3 is 2.63 bits per heavy atom. The molecule has 1 aliphatic heterocycles. The number of aromatic amines is 1. The number of nitrogens with one attached hydrogen (secondary N) is 1. The predicted octanol–water partition coefficient (Wildman–Crippen LogP) is 3.92. The van der Waals surface area contributed by atoms with Gasteiger partial charge in [-0.05, 0) is 49.2 Å². The van der Waals surface area contributed by atoms with Crippen LogP contribution in [0.15, 0.2) is 48.7 Å². The van der Waals surface area contributed by atoms with E-state index in [4.69, 9.17) is 9.47 Å². The van der Waals surface area contributed by atoms with Gasteiger partial charge in [0.1, 0.15) is 11.6 Å². The molecule has 2 aromatic carbocycles.